The van der Waals surface area contributed by atoms with Crippen LogP contribution in [0.4, 0.5) is 5.69 Å². The number of nitrogens with zero attached hydrogens (tertiary/aromatic N) is 1. The van der Waals surface area contributed by atoms with Crippen molar-refractivity contribution in [1.29, 1.82) is 0 Å². The van der Waals surface area contributed by atoms with E-state index in [1.807, 2.05) is 37.3 Å². The fourth-order valence-electron chi connectivity index (χ4n) is 1.78. The van der Waals surface area contributed by atoms with Crippen LogP contribution in [0.15, 0.2) is 47.5 Å². The molecule has 3 nitrogen and oxygen atoms in total. The van der Waals surface area contributed by atoms with Gasteiger partial charge in [0.25, 0.3) is 0 Å². The number of benzene rings is 2. The zero-order chi connectivity index (χ0) is 14.5. The summed E-state index contributed by atoms with van der Waals surface area (Å²) in [5.74, 6) is -0.380. The number of hydrogen-bond acceptors (Lipinski definition) is 3. The van der Waals surface area contributed by atoms with Gasteiger partial charge in [-0.1, -0.05) is 35.9 Å². The number of carbonyl (C=O) groups is 1. The number of aliphatic imine (C=N–C) groups is 1. The Balaban J connectivity index is 2.37. The Labute approximate surface area is 122 Å². The third kappa shape index (κ3) is 3.06. The molecule has 2 rings (SSSR count). The predicted octanol–water partition coefficient (Wildman–Crippen LogP) is 4.19. The van der Waals surface area contributed by atoms with Crippen molar-refractivity contribution in [2.24, 2.45) is 4.99 Å². The highest BCUT2D eigenvalue weighted by Gasteiger charge is 2.09. The monoisotopic (exact) mass is 287 g/mol. The highest BCUT2D eigenvalue weighted by atomic mass is 35.5. The molecular formula is C16H14ClNO2. The van der Waals surface area contributed by atoms with Crippen molar-refractivity contribution in [3.8, 4) is 0 Å². The molecule has 0 bridgehead atoms. The van der Waals surface area contributed by atoms with Crippen LogP contribution in [0.5, 0.6) is 0 Å². The van der Waals surface area contributed by atoms with E-state index < -0.39 is 0 Å². The average molecular weight is 288 g/mol. The quantitative estimate of drug-likeness (QED) is 0.627. The lowest BCUT2D eigenvalue weighted by atomic mass is 10.1. The highest BCUT2D eigenvalue weighted by Crippen LogP contribution is 2.25. The molecule has 2 aromatic rings. The van der Waals surface area contributed by atoms with Crippen LogP contribution in [-0.2, 0) is 4.74 Å². The normalized spacial score (nSPS) is 10.8. The highest BCUT2D eigenvalue weighted by molar-refractivity contribution is 6.31. The van der Waals surface area contributed by atoms with E-state index in [1.165, 1.54) is 7.11 Å². The van der Waals surface area contributed by atoms with Crippen molar-refractivity contribution >= 4 is 29.5 Å². The molecule has 4 heteroatoms. The summed E-state index contributed by atoms with van der Waals surface area (Å²) in [6.45, 7) is 1.90. The number of carbonyl (C=O) groups excluding carboxylic acids is 1. The van der Waals surface area contributed by atoms with Crippen LogP contribution < -0.4 is 0 Å². The predicted molar refractivity (Wildman–Crippen MR) is 81.2 cm³/mol. The number of halogens is 1. The van der Waals surface area contributed by atoms with Gasteiger partial charge in [-0.25, -0.2) is 4.79 Å². The molecule has 0 aromatic heterocycles. The molecule has 0 spiro atoms. The fourth-order valence-corrected chi connectivity index (χ4v) is 1.95. The first kappa shape index (κ1) is 14.3. The Kier molecular flexibility index (Phi) is 4.53. The van der Waals surface area contributed by atoms with Crippen LogP contribution in [0.2, 0.25) is 5.02 Å². The molecule has 0 radical (unpaired) electrons. The lowest BCUT2D eigenvalue weighted by molar-refractivity contribution is 0.0600. The van der Waals surface area contributed by atoms with E-state index in [1.54, 1.807) is 18.3 Å². The first-order valence-electron chi connectivity index (χ1n) is 6.10. The summed E-state index contributed by atoms with van der Waals surface area (Å²) in [5.41, 5.74) is 2.87. The Morgan fingerprint density at radius 1 is 1.20 bits per heavy atom. The minimum atomic E-state index is -0.380. The molecule has 0 aliphatic heterocycles. The lowest BCUT2D eigenvalue weighted by Gasteiger charge is -2.04. The molecule has 0 saturated carbocycles. The Morgan fingerprint density at radius 3 is 2.70 bits per heavy atom. The van der Waals surface area contributed by atoms with Crippen LogP contribution in [0.1, 0.15) is 21.5 Å². The SMILES string of the molecule is COC(=O)c1ccccc1/C=N\c1cccc(Cl)c1C. The van der Waals surface area contributed by atoms with Crippen LogP contribution in [0, 0.1) is 6.92 Å². The van der Waals surface area contributed by atoms with Gasteiger partial charge in [-0.15, -0.1) is 0 Å². The van der Waals surface area contributed by atoms with Crippen molar-refractivity contribution in [3.05, 3.63) is 64.2 Å². The molecule has 0 saturated heterocycles. The van der Waals surface area contributed by atoms with Gasteiger partial charge < -0.3 is 4.74 Å². The maximum atomic E-state index is 11.7. The average Bonchev–Trinajstić information content (AvgIpc) is 2.48. The largest absolute Gasteiger partial charge is 0.465 e. The van der Waals surface area contributed by atoms with E-state index in [4.69, 9.17) is 16.3 Å². The molecule has 20 heavy (non-hydrogen) atoms. The Bertz CT molecular complexity index is 665. The van der Waals surface area contributed by atoms with Gasteiger partial charge in [0.1, 0.15) is 0 Å². The third-order valence-electron chi connectivity index (χ3n) is 2.95. The summed E-state index contributed by atoms with van der Waals surface area (Å²) in [6, 6.07) is 12.7. The van der Waals surface area contributed by atoms with Crippen LogP contribution in [0.25, 0.3) is 0 Å². The maximum absolute atomic E-state index is 11.7. The lowest BCUT2D eigenvalue weighted by Crippen LogP contribution is -2.04. The number of hydrogen-bond donors (Lipinski definition) is 0. The van der Waals surface area contributed by atoms with E-state index in [0.717, 1.165) is 11.3 Å². The molecule has 102 valence electrons. The van der Waals surface area contributed by atoms with E-state index in [0.29, 0.717) is 16.1 Å². The molecule has 0 amide bonds. The van der Waals surface area contributed by atoms with E-state index in [-0.39, 0.29) is 5.97 Å². The van der Waals surface area contributed by atoms with Gasteiger partial charge in [0.05, 0.1) is 18.4 Å². The second kappa shape index (κ2) is 6.35. The van der Waals surface area contributed by atoms with E-state index >= 15 is 0 Å². The Morgan fingerprint density at radius 2 is 1.95 bits per heavy atom. The van der Waals surface area contributed by atoms with Gasteiger partial charge in [-0.3, -0.25) is 4.99 Å². The molecule has 0 N–H and O–H groups in total. The second-order valence-electron chi connectivity index (χ2n) is 4.22. The van der Waals surface area contributed by atoms with Crippen LogP contribution in [0.3, 0.4) is 0 Å². The van der Waals surface area contributed by atoms with Crippen molar-refractivity contribution in [2.75, 3.05) is 7.11 Å². The van der Waals surface area contributed by atoms with Gasteiger partial charge in [0.2, 0.25) is 0 Å². The second-order valence-corrected chi connectivity index (χ2v) is 4.63. The summed E-state index contributed by atoms with van der Waals surface area (Å²) in [7, 11) is 1.36. The standard InChI is InChI=1S/C16H14ClNO2/c1-11-14(17)8-5-9-15(11)18-10-12-6-3-4-7-13(12)16(19)20-2/h3-10H,1-2H3/b18-10-. The Hall–Kier alpha value is -2.13. The summed E-state index contributed by atoms with van der Waals surface area (Å²) in [6.07, 6.45) is 1.64. The van der Waals surface area contributed by atoms with Crippen LogP contribution >= 0.6 is 11.6 Å². The van der Waals surface area contributed by atoms with E-state index in [2.05, 4.69) is 4.99 Å². The van der Waals surface area contributed by atoms with Crippen molar-refractivity contribution in [2.45, 2.75) is 6.92 Å². The first-order chi connectivity index (χ1) is 9.63. The number of esters is 1. The molecule has 0 heterocycles. The molecule has 0 unspecified atom stereocenters. The zero-order valence-corrected chi connectivity index (χ0v) is 12.0. The van der Waals surface area contributed by atoms with Crippen LogP contribution in [-0.4, -0.2) is 19.3 Å². The van der Waals surface area contributed by atoms with Crippen molar-refractivity contribution in [1.82, 2.24) is 0 Å². The third-order valence-corrected chi connectivity index (χ3v) is 3.36. The molecular weight excluding hydrogens is 274 g/mol. The summed E-state index contributed by atoms with van der Waals surface area (Å²) < 4.78 is 4.75. The first-order valence-corrected chi connectivity index (χ1v) is 6.48. The zero-order valence-electron chi connectivity index (χ0n) is 11.3. The molecule has 0 fully saturated rings. The van der Waals surface area contributed by atoms with Gasteiger partial charge in [0.15, 0.2) is 0 Å². The van der Waals surface area contributed by atoms with Crippen molar-refractivity contribution in [3.63, 3.8) is 0 Å². The van der Waals surface area contributed by atoms with Gasteiger partial charge in [0, 0.05) is 16.8 Å². The number of ether oxygens (including phenoxy) is 1. The van der Waals surface area contributed by atoms with E-state index in [9.17, 15) is 4.79 Å². The maximum Gasteiger partial charge on any atom is 0.338 e. The fraction of sp³-hybridized carbons (Fsp3) is 0.125. The molecule has 0 aliphatic carbocycles. The molecule has 0 aliphatic rings. The molecule has 2 aromatic carbocycles. The summed E-state index contributed by atoms with van der Waals surface area (Å²) in [4.78, 5) is 16.1. The van der Waals surface area contributed by atoms with Gasteiger partial charge in [-0.2, -0.15) is 0 Å². The van der Waals surface area contributed by atoms with Crippen molar-refractivity contribution < 1.29 is 9.53 Å². The van der Waals surface area contributed by atoms with Gasteiger partial charge >= 0.3 is 5.97 Å². The summed E-state index contributed by atoms with van der Waals surface area (Å²) >= 11 is 6.05. The number of methoxy groups -OCH3 is 1. The molecule has 0 atom stereocenters. The van der Waals surface area contributed by atoms with Gasteiger partial charge in [-0.05, 0) is 30.7 Å². The number of rotatable bonds is 3. The topological polar surface area (TPSA) is 38.7 Å². The minimum Gasteiger partial charge on any atom is -0.465 e. The minimum absolute atomic E-state index is 0.380. The summed E-state index contributed by atoms with van der Waals surface area (Å²) in [5, 5.41) is 0.668. The smallest absolute Gasteiger partial charge is 0.338 e.